The van der Waals surface area contributed by atoms with Crippen LogP contribution in [-0.2, 0) is 0 Å². The van der Waals surface area contributed by atoms with Gasteiger partial charge in [-0.25, -0.2) is 14.2 Å². The monoisotopic (exact) mass is 382 g/mol. The Kier molecular flexibility index (Phi) is 3.68. The lowest BCUT2D eigenvalue weighted by Gasteiger charge is -2.19. The van der Waals surface area contributed by atoms with Crippen LogP contribution in [0.2, 0.25) is 0 Å². The fourth-order valence-electron chi connectivity index (χ4n) is 3.37. The van der Waals surface area contributed by atoms with Gasteiger partial charge in [-0.2, -0.15) is 0 Å². The smallest absolute Gasteiger partial charge is 0.332 e. The molecule has 0 saturated heterocycles. The molecule has 1 aromatic carbocycles. The molecule has 142 valence electrons. The van der Waals surface area contributed by atoms with Gasteiger partial charge in [0.15, 0.2) is 28.7 Å². The summed E-state index contributed by atoms with van der Waals surface area (Å²) in [5, 5.41) is 0.693. The number of H-pyrrole nitrogens is 1. The standard InChI is InChI=1S/C19H15FN4O4/c1-2-26-17-12(20)8-22-18-15(17)24(19(25)23-18)10-3-4-13-11(7-10)16-14(9-21-13)27-5-6-28-16/h3-4,7-9H,2,5-6H2,1H3,(H,22,23,25). The molecule has 4 aromatic rings. The van der Waals surface area contributed by atoms with E-state index >= 15 is 0 Å². The molecule has 9 heteroatoms. The molecule has 0 unspecified atom stereocenters. The van der Waals surface area contributed by atoms with E-state index in [1.807, 2.05) is 0 Å². The van der Waals surface area contributed by atoms with Gasteiger partial charge in [0.05, 0.1) is 30.2 Å². The highest BCUT2D eigenvalue weighted by Crippen LogP contribution is 2.37. The summed E-state index contributed by atoms with van der Waals surface area (Å²) in [6, 6.07) is 5.24. The zero-order chi connectivity index (χ0) is 19.3. The third-order valence-electron chi connectivity index (χ3n) is 4.52. The van der Waals surface area contributed by atoms with Crippen LogP contribution in [0.4, 0.5) is 4.39 Å². The van der Waals surface area contributed by atoms with Gasteiger partial charge in [-0.3, -0.25) is 14.5 Å². The second-order valence-corrected chi connectivity index (χ2v) is 6.18. The van der Waals surface area contributed by atoms with Crippen molar-refractivity contribution >= 4 is 22.1 Å². The molecule has 0 atom stereocenters. The van der Waals surface area contributed by atoms with E-state index in [1.165, 1.54) is 4.57 Å². The maximum atomic E-state index is 14.3. The number of hydrogen-bond acceptors (Lipinski definition) is 6. The number of nitrogens with one attached hydrogen (secondary N) is 1. The average molecular weight is 382 g/mol. The largest absolute Gasteiger partial charge is 0.488 e. The molecular weight excluding hydrogens is 367 g/mol. The predicted octanol–water partition coefficient (Wildman–Crippen LogP) is 2.57. The van der Waals surface area contributed by atoms with Gasteiger partial charge >= 0.3 is 5.69 Å². The molecule has 1 aliphatic heterocycles. The fourth-order valence-corrected chi connectivity index (χ4v) is 3.37. The first-order valence-corrected chi connectivity index (χ1v) is 8.78. The lowest BCUT2D eigenvalue weighted by atomic mass is 10.1. The third kappa shape index (κ3) is 2.39. The molecule has 3 aromatic heterocycles. The van der Waals surface area contributed by atoms with Crippen molar-refractivity contribution in [1.82, 2.24) is 19.5 Å². The van der Waals surface area contributed by atoms with Crippen molar-refractivity contribution < 1.29 is 18.6 Å². The molecule has 1 N–H and O–H groups in total. The van der Waals surface area contributed by atoms with Crippen molar-refractivity contribution in [3.05, 3.63) is 46.9 Å². The first-order chi connectivity index (χ1) is 13.7. The fraction of sp³-hybridized carbons (Fsp3) is 0.211. The number of nitrogens with zero attached hydrogens (tertiary/aromatic N) is 3. The van der Waals surface area contributed by atoms with E-state index in [-0.39, 0.29) is 23.5 Å². The zero-order valence-corrected chi connectivity index (χ0v) is 14.9. The molecule has 5 rings (SSSR count). The van der Waals surface area contributed by atoms with Gasteiger partial charge in [-0.1, -0.05) is 0 Å². The molecule has 0 spiro atoms. The van der Waals surface area contributed by atoms with Crippen molar-refractivity contribution in [2.75, 3.05) is 19.8 Å². The van der Waals surface area contributed by atoms with Crippen LogP contribution >= 0.6 is 0 Å². The number of benzene rings is 1. The topological polar surface area (TPSA) is 91.3 Å². The minimum atomic E-state index is -0.640. The summed E-state index contributed by atoms with van der Waals surface area (Å²) < 4.78 is 32.4. The number of hydrogen-bond donors (Lipinski definition) is 1. The minimum Gasteiger partial charge on any atom is -0.488 e. The Morgan fingerprint density at radius 1 is 1.25 bits per heavy atom. The minimum absolute atomic E-state index is 0.0289. The van der Waals surface area contributed by atoms with Crippen LogP contribution in [-0.4, -0.2) is 39.3 Å². The van der Waals surface area contributed by atoms with Gasteiger partial charge in [0, 0.05) is 5.39 Å². The van der Waals surface area contributed by atoms with Gasteiger partial charge in [-0.15, -0.1) is 0 Å². The molecule has 0 radical (unpaired) electrons. The van der Waals surface area contributed by atoms with E-state index in [0.29, 0.717) is 41.3 Å². The highest BCUT2D eigenvalue weighted by molar-refractivity contribution is 5.90. The zero-order valence-electron chi connectivity index (χ0n) is 14.9. The highest BCUT2D eigenvalue weighted by atomic mass is 19.1. The summed E-state index contributed by atoms with van der Waals surface area (Å²) in [7, 11) is 0. The number of halogens is 1. The lowest BCUT2D eigenvalue weighted by Crippen LogP contribution is -2.17. The van der Waals surface area contributed by atoms with Crippen LogP contribution in [0.1, 0.15) is 6.92 Å². The third-order valence-corrected chi connectivity index (χ3v) is 4.52. The van der Waals surface area contributed by atoms with E-state index < -0.39 is 11.5 Å². The highest BCUT2D eigenvalue weighted by Gasteiger charge is 2.21. The Balaban J connectivity index is 1.81. The predicted molar refractivity (Wildman–Crippen MR) is 99.1 cm³/mol. The Labute approximate surface area is 157 Å². The van der Waals surface area contributed by atoms with Crippen LogP contribution in [0.5, 0.6) is 17.2 Å². The molecule has 0 fully saturated rings. The van der Waals surface area contributed by atoms with E-state index in [0.717, 1.165) is 6.20 Å². The number of aromatic amines is 1. The molecule has 0 amide bonds. The first kappa shape index (κ1) is 16.5. The maximum Gasteiger partial charge on any atom is 0.332 e. The number of rotatable bonds is 3. The van der Waals surface area contributed by atoms with Crippen molar-refractivity contribution in [1.29, 1.82) is 0 Å². The van der Waals surface area contributed by atoms with E-state index in [4.69, 9.17) is 14.2 Å². The van der Waals surface area contributed by atoms with Crippen LogP contribution in [0.25, 0.3) is 27.8 Å². The maximum absolute atomic E-state index is 14.3. The number of ether oxygens (including phenoxy) is 3. The number of imidazole rings is 1. The van der Waals surface area contributed by atoms with Crippen LogP contribution in [0.15, 0.2) is 35.4 Å². The SMILES string of the molecule is CCOc1c(F)cnc2[nH]c(=O)n(-c3ccc4ncc5c(c4c3)OCCO5)c12. The van der Waals surface area contributed by atoms with Crippen molar-refractivity contribution in [2.24, 2.45) is 0 Å². The van der Waals surface area contributed by atoms with E-state index in [1.54, 1.807) is 31.3 Å². The Hall–Kier alpha value is -3.62. The molecule has 0 aliphatic carbocycles. The van der Waals surface area contributed by atoms with Crippen LogP contribution in [0, 0.1) is 5.82 Å². The van der Waals surface area contributed by atoms with Crippen molar-refractivity contribution in [3.63, 3.8) is 0 Å². The lowest BCUT2D eigenvalue weighted by molar-refractivity contribution is 0.173. The number of pyridine rings is 2. The van der Waals surface area contributed by atoms with Gasteiger partial charge in [0.25, 0.3) is 0 Å². The molecule has 28 heavy (non-hydrogen) atoms. The molecular formula is C19H15FN4O4. The molecule has 0 bridgehead atoms. The molecule has 0 saturated carbocycles. The van der Waals surface area contributed by atoms with E-state index in [2.05, 4.69) is 15.0 Å². The van der Waals surface area contributed by atoms with Gasteiger partial charge in [0.1, 0.15) is 18.7 Å². The summed E-state index contributed by atoms with van der Waals surface area (Å²) in [5.41, 5.74) is 1.21. The van der Waals surface area contributed by atoms with Crippen molar-refractivity contribution in [3.8, 4) is 22.9 Å². The summed E-state index contributed by atoms with van der Waals surface area (Å²) in [5.74, 6) is 0.447. The van der Waals surface area contributed by atoms with Crippen LogP contribution in [0.3, 0.4) is 0 Å². The summed E-state index contributed by atoms with van der Waals surface area (Å²) in [6.07, 6.45) is 2.64. The molecule has 8 nitrogen and oxygen atoms in total. The second kappa shape index (κ2) is 6.22. The molecule has 1 aliphatic rings. The van der Waals surface area contributed by atoms with E-state index in [9.17, 15) is 9.18 Å². The second-order valence-electron chi connectivity index (χ2n) is 6.18. The van der Waals surface area contributed by atoms with Crippen molar-refractivity contribution in [2.45, 2.75) is 6.92 Å². The number of aromatic nitrogens is 4. The summed E-state index contributed by atoms with van der Waals surface area (Å²) in [6.45, 7) is 2.86. The first-order valence-electron chi connectivity index (χ1n) is 8.78. The quantitative estimate of drug-likeness (QED) is 0.586. The molecule has 4 heterocycles. The Morgan fingerprint density at radius 3 is 2.96 bits per heavy atom. The van der Waals surface area contributed by atoms with Gasteiger partial charge in [-0.05, 0) is 25.1 Å². The Morgan fingerprint density at radius 2 is 2.11 bits per heavy atom. The average Bonchev–Trinajstić information content (AvgIpc) is 3.06. The Bertz CT molecular complexity index is 1280. The van der Waals surface area contributed by atoms with Crippen LogP contribution < -0.4 is 19.9 Å². The summed E-state index contributed by atoms with van der Waals surface area (Å²) in [4.78, 5) is 23.6. The van der Waals surface area contributed by atoms with Gasteiger partial charge < -0.3 is 14.2 Å². The number of fused-ring (bicyclic) bond motifs is 4. The normalized spacial score (nSPS) is 13.2. The van der Waals surface area contributed by atoms with Gasteiger partial charge in [0.2, 0.25) is 0 Å². The summed E-state index contributed by atoms with van der Waals surface area (Å²) >= 11 is 0.